The molecule has 0 fully saturated rings. The van der Waals surface area contributed by atoms with Gasteiger partial charge in [-0.2, -0.15) is 13.2 Å². The summed E-state index contributed by atoms with van der Waals surface area (Å²) in [5.74, 6) is 0.939. The van der Waals surface area contributed by atoms with Crippen molar-refractivity contribution in [1.82, 2.24) is 25.5 Å². The summed E-state index contributed by atoms with van der Waals surface area (Å²) in [6.07, 6.45) is 0. The lowest BCUT2D eigenvalue weighted by molar-refractivity contribution is -0.0328. The first-order valence-corrected chi connectivity index (χ1v) is 6.98. The summed E-state index contributed by atoms with van der Waals surface area (Å²) in [6, 6.07) is -0.0895. The van der Waals surface area contributed by atoms with Gasteiger partial charge in [0.2, 0.25) is 0 Å². The Bertz CT molecular complexity index is 379. The van der Waals surface area contributed by atoms with E-state index in [4.69, 9.17) is 0 Å². The van der Waals surface area contributed by atoms with Crippen LogP contribution < -0.4 is 5.32 Å². The van der Waals surface area contributed by atoms with Gasteiger partial charge in [0, 0.05) is 5.75 Å². The van der Waals surface area contributed by atoms with Crippen molar-refractivity contribution in [3.05, 3.63) is 5.82 Å². The molecule has 0 bridgehead atoms. The Morgan fingerprint density at radius 3 is 2.58 bits per heavy atom. The van der Waals surface area contributed by atoms with Crippen molar-refractivity contribution >= 4 is 11.8 Å². The second-order valence-corrected chi connectivity index (χ2v) is 5.74. The number of rotatable bonds is 7. The number of thioether (sulfide) groups is 1. The van der Waals surface area contributed by atoms with Crippen LogP contribution in [0.4, 0.5) is 13.2 Å². The number of aromatic nitrogens is 4. The van der Waals surface area contributed by atoms with E-state index in [2.05, 4.69) is 34.7 Å². The summed E-state index contributed by atoms with van der Waals surface area (Å²) < 4.78 is 37.5. The molecule has 1 aromatic rings. The van der Waals surface area contributed by atoms with E-state index in [-0.39, 0.29) is 30.1 Å². The highest BCUT2D eigenvalue weighted by molar-refractivity contribution is 8.00. The largest absolute Gasteiger partial charge is 0.441 e. The minimum atomic E-state index is -4.21. The summed E-state index contributed by atoms with van der Waals surface area (Å²) in [7, 11) is 0. The molecule has 1 aromatic heterocycles. The fraction of sp³-hybridized carbons (Fsp3) is 0.900. The Morgan fingerprint density at radius 2 is 2.00 bits per heavy atom. The molecule has 9 heteroatoms. The lowest BCUT2D eigenvalue weighted by Crippen LogP contribution is -2.26. The molecule has 0 aliphatic rings. The summed E-state index contributed by atoms with van der Waals surface area (Å²) in [5, 5.41) is 14.3. The molecule has 0 saturated heterocycles. The van der Waals surface area contributed by atoms with Gasteiger partial charge in [0.15, 0.2) is 5.82 Å². The molecule has 1 N–H and O–H groups in total. The van der Waals surface area contributed by atoms with Crippen LogP contribution in [-0.4, -0.2) is 38.0 Å². The third-order valence-corrected chi connectivity index (χ3v) is 3.06. The topological polar surface area (TPSA) is 55.6 Å². The van der Waals surface area contributed by atoms with Crippen molar-refractivity contribution in [3.8, 4) is 0 Å². The summed E-state index contributed by atoms with van der Waals surface area (Å²) in [6.45, 7) is 6.97. The second-order valence-electron chi connectivity index (χ2n) is 4.58. The normalized spacial score (nSPS) is 14.1. The van der Waals surface area contributed by atoms with E-state index in [0.29, 0.717) is 11.7 Å². The number of hydrogen-bond acceptors (Lipinski definition) is 5. The Labute approximate surface area is 114 Å². The van der Waals surface area contributed by atoms with Crippen LogP contribution >= 0.6 is 11.8 Å². The molecule has 0 aliphatic heterocycles. The van der Waals surface area contributed by atoms with E-state index in [9.17, 15) is 13.2 Å². The van der Waals surface area contributed by atoms with E-state index in [1.807, 2.05) is 6.92 Å². The second kappa shape index (κ2) is 7.09. The quantitative estimate of drug-likeness (QED) is 0.836. The van der Waals surface area contributed by atoms with Crippen LogP contribution in [0, 0.1) is 5.92 Å². The van der Waals surface area contributed by atoms with Gasteiger partial charge in [-0.15, -0.1) is 5.10 Å². The predicted octanol–water partition coefficient (Wildman–Crippen LogP) is 2.23. The van der Waals surface area contributed by atoms with Gasteiger partial charge in [-0.1, -0.05) is 13.8 Å². The van der Waals surface area contributed by atoms with E-state index in [0.717, 1.165) is 6.54 Å². The van der Waals surface area contributed by atoms with E-state index in [1.54, 1.807) is 0 Å². The van der Waals surface area contributed by atoms with Crippen molar-refractivity contribution in [2.75, 3.05) is 12.3 Å². The van der Waals surface area contributed by atoms with Crippen LogP contribution in [-0.2, 0) is 6.54 Å². The highest BCUT2D eigenvalue weighted by Gasteiger charge is 2.28. The van der Waals surface area contributed by atoms with Crippen LogP contribution in [0.3, 0.4) is 0 Å². The summed E-state index contributed by atoms with van der Waals surface area (Å²) in [5.41, 5.74) is -4.21. The molecule has 110 valence electrons. The number of halogens is 3. The van der Waals surface area contributed by atoms with Crippen molar-refractivity contribution < 1.29 is 13.2 Å². The van der Waals surface area contributed by atoms with Crippen LogP contribution in [0.2, 0.25) is 0 Å². The molecule has 1 heterocycles. The first-order valence-electron chi connectivity index (χ1n) is 5.99. The molecular formula is C10H18F3N5S. The Hall–Kier alpha value is -0.830. The minimum Gasteiger partial charge on any atom is -0.307 e. The standard InChI is InChI=1S/C10H18F3N5S/c1-7(2)6-14-8(3)9-15-16-17-18(9)4-5-19-10(11,12)13/h7-8,14H,4-6H2,1-3H3. The summed E-state index contributed by atoms with van der Waals surface area (Å²) in [4.78, 5) is 0. The fourth-order valence-electron chi connectivity index (χ4n) is 1.43. The zero-order valence-electron chi connectivity index (χ0n) is 11.1. The lowest BCUT2D eigenvalue weighted by Gasteiger charge is -2.15. The highest BCUT2D eigenvalue weighted by Crippen LogP contribution is 2.30. The van der Waals surface area contributed by atoms with Gasteiger partial charge in [-0.05, 0) is 41.6 Å². The molecule has 0 spiro atoms. The Morgan fingerprint density at radius 1 is 1.32 bits per heavy atom. The predicted molar refractivity (Wildman–Crippen MR) is 67.6 cm³/mol. The van der Waals surface area contributed by atoms with E-state index in [1.165, 1.54) is 4.68 Å². The third kappa shape index (κ3) is 6.24. The van der Waals surface area contributed by atoms with E-state index >= 15 is 0 Å². The molecule has 5 nitrogen and oxygen atoms in total. The SMILES string of the molecule is CC(C)CNC(C)c1nnnn1CCSC(F)(F)F. The van der Waals surface area contributed by atoms with Crippen LogP contribution in [0.15, 0.2) is 0 Å². The first kappa shape index (κ1) is 16.2. The number of nitrogens with one attached hydrogen (secondary N) is 1. The average molecular weight is 297 g/mol. The zero-order chi connectivity index (χ0) is 14.5. The number of hydrogen-bond donors (Lipinski definition) is 1. The molecule has 1 rings (SSSR count). The maximum atomic E-state index is 12.0. The third-order valence-electron chi connectivity index (χ3n) is 2.35. The molecule has 0 aliphatic carbocycles. The van der Waals surface area contributed by atoms with Crippen LogP contribution in [0.25, 0.3) is 0 Å². The number of alkyl halides is 3. The molecule has 0 saturated carbocycles. The fourth-order valence-corrected chi connectivity index (χ4v) is 1.93. The smallest absolute Gasteiger partial charge is 0.307 e. The van der Waals surface area contributed by atoms with Gasteiger partial charge in [0.25, 0.3) is 0 Å². The van der Waals surface area contributed by atoms with Gasteiger partial charge in [0.05, 0.1) is 12.6 Å². The molecular weight excluding hydrogens is 279 g/mol. The van der Waals surface area contributed by atoms with Gasteiger partial charge in [-0.25, -0.2) is 4.68 Å². The minimum absolute atomic E-state index is 0.0663. The first-order chi connectivity index (χ1) is 8.79. The zero-order valence-corrected chi connectivity index (χ0v) is 11.9. The summed E-state index contributed by atoms with van der Waals surface area (Å²) >= 11 is -0.0663. The highest BCUT2D eigenvalue weighted by atomic mass is 32.2. The lowest BCUT2D eigenvalue weighted by atomic mass is 10.2. The van der Waals surface area contributed by atoms with Gasteiger partial charge >= 0.3 is 5.51 Å². The van der Waals surface area contributed by atoms with Crippen molar-refractivity contribution in [2.45, 2.75) is 38.9 Å². The molecule has 0 radical (unpaired) electrons. The van der Waals surface area contributed by atoms with Crippen molar-refractivity contribution in [2.24, 2.45) is 5.92 Å². The molecule has 1 unspecified atom stereocenters. The molecule has 0 aromatic carbocycles. The monoisotopic (exact) mass is 297 g/mol. The van der Waals surface area contributed by atoms with E-state index < -0.39 is 5.51 Å². The van der Waals surface area contributed by atoms with Crippen molar-refractivity contribution in [1.29, 1.82) is 0 Å². The number of tetrazole rings is 1. The average Bonchev–Trinajstić information content (AvgIpc) is 2.72. The Balaban J connectivity index is 2.50. The van der Waals surface area contributed by atoms with Crippen LogP contribution in [0.5, 0.6) is 0 Å². The van der Waals surface area contributed by atoms with Gasteiger partial charge in [0.1, 0.15) is 0 Å². The molecule has 1 atom stereocenters. The van der Waals surface area contributed by atoms with Gasteiger partial charge in [-0.3, -0.25) is 0 Å². The Kier molecular flexibility index (Phi) is 6.05. The maximum absolute atomic E-state index is 12.0. The number of aryl methyl sites for hydroxylation is 1. The number of nitrogens with zero attached hydrogens (tertiary/aromatic N) is 4. The van der Waals surface area contributed by atoms with Gasteiger partial charge < -0.3 is 5.32 Å². The van der Waals surface area contributed by atoms with Crippen LogP contribution in [0.1, 0.15) is 32.6 Å². The maximum Gasteiger partial charge on any atom is 0.441 e. The molecule has 0 amide bonds. The molecule has 19 heavy (non-hydrogen) atoms. The van der Waals surface area contributed by atoms with Crippen molar-refractivity contribution in [3.63, 3.8) is 0 Å².